The number of anilines is 1. The maximum absolute atomic E-state index is 12.0. The van der Waals surface area contributed by atoms with Crippen LogP contribution in [-0.2, 0) is 20.6 Å². The highest BCUT2D eigenvalue weighted by Crippen LogP contribution is 2.29. The minimum absolute atomic E-state index is 0.0610. The summed E-state index contributed by atoms with van der Waals surface area (Å²) < 4.78 is 21.2. The average molecular weight is 357 g/mol. The van der Waals surface area contributed by atoms with Crippen LogP contribution in [0.2, 0.25) is 0 Å². The molecule has 2 aromatic rings. The summed E-state index contributed by atoms with van der Waals surface area (Å²) in [5.74, 6) is 0.450. The van der Waals surface area contributed by atoms with Crippen molar-refractivity contribution >= 4 is 11.7 Å². The SMILES string of the molecule is COCCOCOc1ccc2c(c1)C[C@@H](COC(=O)c1ccccc1)N2. The molecule has 0 aliphatic carbocycles. The number of methoxy groups -OCH3 is 1. The van der Waals surface area contributed by atoms with Gasteiger partial charge in [0.25, 0.3) is 0 Å². The standard InChI is InChI=1S/C20H23NO5/c1-23-9-10-24-14-26-18-7-8-19-16(12-18)11-17(21-19)13-25-20(22)15-5-3-2-4-6-15/h2-8,12,17,21H,9-11,13-14H2,1H3/t17-/m0/s1. The fourth-order valence-electron chi connectivity index (χ4n) is 2.75. The molecular formula is C20H23NO5. The number of fused-ring (bicyclic) bond motifs is 1. The van der Waals surface area contributed by atoms with E-state index in [2.05, 4.69) is 5.32 Å². The molecular weight excluding hydrogens is 334 g/mol. The number of ether oxygens (including phenoxy) is 4. The van der Waals surface area contributed by atoms with Gasteiger partial charge < -0.3 is 24.3 Å². The lowest BCUT2D eigenvalue weighted by Crippen LogP contribution is -2.24. The molecule has 0 saturated heterocycles. The monoisotopic (exact) mass is 357 g/mol. The van der Waals surface area contributed by atoms with Crippen LogP contribution < -0.4 is 10.1 Å². The summed E-state index contributed by atoms with van der Waals surface area (Å²) in [6.07, 6.45) is 0.777. The molecule has 0 amide bonds. The first-order valence-corrected chi connectivity index (χ1v) is 8.57. The smallest absolute Gasteiger partial charge is 0.338 e. The predicted molar refractivity (Wildman–Crippen MR) is 97.6 cm³/mol. The van der Waals surface area contributed by atoms with Gasteiger partial charge in [-0.25, -0.2) is 4.79 Å². The Morgan fingerprint density at radius 1 is 1.15 bits per heavy atom. The zero-order valence-electron chi connectivity index (χ0n) is 14.8. The Hall–Kier alpha value is -2.57. The number of hydrogen-bond acceptors (Lipinski definition) is 6. The Labute approximate surface area is 153 Å². The van der Waals surface area contributed by atoms with Gasteiger partial charge in [0.15, 0.2) is 6.79 Å². The van der Waals surface area contributed by atoms with Gasteiger partial charge in [0.05, 0.1) is 24.8 Å². The molecule has 6 heteroatoms. The lowest BCUT2D eigenvalue weighted by atomic mass is 10.1. The maximum atomic E-state index is 12.0. The Balaban J connectivity index is 1.45. The summed E-state index contributed by atoms with van der Waals surface area (Å²) in [5.41, 5.74) is 2.74. The van der Waals surface area contributed by atoms with E-state index in [0.29, 0.717) is 25.4 Å². The Kier molecular flexibility index (Phi) is 6.46. The fourth-order valence-corrected chi connectivity index (χ4v) is 2.75. The molecule has 26 heavy (non-hydrogen) atoms. The van der Waals surface area contributed by atoms with Gasteiger partial charge >= 0.3 is 5.97 Å². The summed E-state index contributed by atoms with van der Waals surface area (Å²) in [5, 5.41) is 3.37. The van der Waals surface area contributed by atoms with Gasteiger partial charge in [-0.1, -0.05) is 18.2 Å². The molecule has 0 bridgehead atoms. The number of esters is 1. The van der Waals surface area contributed by atoms with E-state index in [0.717, 1.165) is 23.4 Å². The molecule has 0 saturated carbocycles. The quantitative estimate of drug-likeness (QED) is 0.423. The summed E-state index contributed by atoms with van der Waals surface area (Å²) >= 11 is 0. The van der Waals surface area contributed by atoms with Crippen molar-refractivity contribution in [2.75, 3.05) is 39.0 Å². The highest BCUT2D eigenvalue weighted by atomic mass is 16.7. The van der Waals surface area contributed by atoms with E-state index in [4.69, 9.17) is 18.9 Å². The second kappa shape index (κ2) is 9.22. The van der Waals surface area contributed by atoms with Crippen molar-refractivity contribution in [1.29, 1.82) is 0 Å². The number of rotatable bonds is 9. The van der Waals surface area contributed by atoms with Gasteiger partial charge in [0.1, 0.15) is 12.4 Å². The highest BCUT2D eigenvalue weighted by Gasteiger charge is 2.22. The number of hydrogen-bond donors (Lipinski definition) is 1. The molecule has 1 atom stereocenters. The van der Waals surface area contributed by atoms with Crippen LogP contribution in [0.25, 0.3) is 0 Å². The van der Waals surface area contributed by atoms with Crippen molar-refractivity contribution in [2.24, 2.45) is 0 Å². The van der Waals surface area contributed by atoms with E-state index >= 15 is 0 Å². The zero-order chi connectivity index (χ0) is 18.2. The van der Waals surface area contributed by atoms with Crippen LogP contribution in [0.3, 0.4) is 0 Å². The Bertz CT molecular complexity index is 719. The summed E-state index contributed by atoms with van der Waals surface area (Å²) in [6, 6.07) is 14.9. The second-order valence-electron chi connectivity index (χ2n) is 5.99. The molecule has 0 unspecified atom stereocenters. The number of benzene rings is 2. The van der Waals surface area contributed by atoms with Gasteiger partial charge in [-0.15, -0.1) is 0 Å². The first-order valence-electron chi connectivity index (χ1n) is 8.57. The topological polar surface area (TPSA) is 66.0 Å². The molecule has 0 fully saturated rings. The van der Waals surface area contributed by atoms with E-state index < -0.39 is 0 Å². The van der Waals surface area contributed by atoms with Crippen LogP contribution in [0, 0.1) is 0 Å². The molecule has 138 valence electrons. The van der Waals surface area contributed by atoms with Gasteiger partial charge in [0.2, 0.25) is 0 Å². The first kappa shape index (κ1) is 18.2. The van der Waals surface area contributed by atoms with E-state index in [1.807, 2.05) is 36.4 Å². The van der Waals surface area contributed by atoms with Crippen LogP contribution in [0.15, 0.2) is 48.5 Å². The predicted octanol–water partition coefficient (Wildman–Crippen LogP) is 2.88. The minimum Gasteiger partial charge on any atom is -0.468 e. The van der Waals surface area contributed by atoms with Gasteiger partial charge in [-0.3, -0.25) is 0 Å². The first-order chi connectivity index (χ1) is 12.8. The summed E-state index contributed by atoms with van der Waals surface area (Å²) in [4.78, 5) is 12.0. The second-order valence-corrected chi connectivity index (χ2v) is 5.99. The lowest BCUT2D eigenvalue weighted by Gasteiger charge is -2.11. The molecule has 1 N–H and O–H groups in total. The van der Waals surface area contributed by atoms with Crippen molar-refractivity contribution in [3.05, 3.63) is 59.7 Å². The molecule has 6 nitrogen and oxygen atoms in total. The van der Waals surface area contributed by atoms with Gasteiger partial charge in [-0.2, -0.15) is 0 Å². The molecule has 3 rings (SSSR count). The normalized spacial score (nSPS) is 15.2. The van der Waals surface area contributed by atoms with Gasteiger partial charge in [-0.05, 0) is 42.3 Å². The van der Waals surface area contributed by atoms with E-state index in [9.17, 15) is 4.79 Å². The highest BCUT2D eigenvalue weighted by molar-refractivity contribution is 5.89. The third kappa shape index (κ3) is 4.97. The van der Waals surface area contributed by atoms with Crippen molar-refractivity contribution in [2.45, 2.75) is 12.5 Å². The van der Waals surface area contributed by atoms with E-state index in [1.54, 1.807) is 19.2 Å². The van der Waals surface area contributed by atoms with E-state index in [-0.39, 0.29) is 18.8 Å². The van der Waals surface area contributed by atoms with Crippen LogP contribution in [-0.4, -0.2) is 45.7 Å². The average Bonchev–Trinajstić information content (AvgIpc) is 3.09. The number of carbonyl (C=O) groups is 1. The van der Waals surface area contributed by atoms with Crippen LogP contribution in [0.5, 0.6) is 5.75 Å². The molecule has 0 spiro atoms. The minimum atomic E-state index is -0.305. The van der Waals surface area contributed by atoms with Crippen LogP contribution in [0.1, 0.15) is 15.9 Å². The summed E-state index contributed by atoms with van der Waals surface area (Å²) in [7, 11) is 1.63. The van der Waals surface area contributed by atoms with Crippen molar-refractivity contribution in [1.82, 2.24) is 0 Å². The number of nitrogens with one attached hydrogen (secondary N) is 1. The molecule has 2 aromatic carbocycles. The maximum Gasteiger partial charge on any atom is 0.338 e. The Morgan fingerprint density at radius 2 is 2.00 bits per heavy atom. The molecule has 1 aliphatic rings. The van der Waals surface area contributed by atoms with Crippen LogP contribution in [0.4, 0.5) is 5.69 Å². The third-order valence-corrected chi connectivity index (χ3v) is 4.07. The number of carbonyl (C=O) groups excluding carboxylic acids is 1. The largest absolute Gasteiger partial charge is 0.468 e. The third-order valence-electron chi connectivity index (χ3n) is 4.07. The van der Waals surface area contributed by atoms with Gasteiger partial charge in [0, 0.05) is 12.8 Å². The lowest BCUT2D eigenvalue weighted by molar-refractivity contribution is -0.00849. The van der Waals surface area contributed by atoms with Crippen molar-refractivity contribution in [3.63, 3.8) is 0 Å². The van der Waals surface area contributed by atoms with E-state index in [1.165, 1.54) is 0 Å². The zero-order valence-corrected chi connectivity index (χ0v) is 14.8. The molecule has 0 radical (unpaired) electrons. The molecule has 0 aromatic heterocycles. The Morgan fingerprint density at radius 3 is 2.81 bits per heavy atom. The van der Waals surface area contributed by atoms with Crippen molar-refractivity contribution < 1.29 is 23.7 Å². The van der Waals surface area contributed by atoms with Crippen molar-refractivity contribution in [3.8, 4) is 5.75 Å². The summed E-state index contributed by atoms with van der Waals surface area (Å²) in [6.45, 7) is 1.55. The van der Waals surface area contributed by atoms with Crippen LogP contribution >= 0.6 is 0 Å². The fraction of sp³-hybridized carbons (Fsp3) is 0.350. The molecule has 1 heterocycles. The molecule has 1 aliphatic heterocycles.